The maximum Gasteiger partial charge on any atom is 0.513 e. The molecule has 0 saturated carbocycles. The van der Waals surface area contributed by atoms with E-state index in [1.54, 1.807) is 42.5 Å². The zero-order valence-electron chi connectivity index (χ0n) is 24.7. The Hall–Kier alpha value is -4.54. The Morgan fingerprint density at radius 3 is 2.07 bits per heavy atom. The van der Waals surface area contributed by atoms with Gasteiger partial charge in [0, 0.05) is 43.5 Å². The molecule has 3 aromatic rings. The molecule has 4 rings (SSSR count). The molecule has 1 unspecified atom stereocenters. The highest BCUT2D eigenvalue weighted by molar-refractivity contribution is 6.24. The number of likely N-dealkylation sites (N-methyl/N-ethyl adjacent to an activating group) is 2. The topological polar surface area (TPSA) is 104 Å². The predicted octanol–water partition coefficient (Wildman–Crippen LogP) is 4.25. The summed E-state index contributed by atoms with van der Waals surface area (Å²) >= 11 is 0. The van der Waals surface area contributed by atoms with Crippen LogP contribution in [0.25, 0.3) is 0 Å². The summed E-state index contributed by atoms with van der Waals surface area (Å²) in [7, 11) is 9.19. The molecule has 10 nitrogen and oxygen atoms in total. The highest BCUT2D eigenvalue weighted by Crippen LogP contribution is 2.38. The molecule has 220 valence electrons. The first-order valence-electron chi connectivity index (χ1n) is 13.7. The number of rotatable bonds is 11. The van der Waals surface area contributed by atoms with Crippen LogP contribution >= 0.6 is 0 Å². The third-order valence-corrected chi connectivity index (χ3v) is 6.85. The third kappa shape index (κ3) is 7.59. The normalized spacial score (nSPS) is 14.5. The summed E-state index contributed by atoms with van der Waals surface area (Å²) in [4.78, 5) is 49.1. The van der Waals surface area contributed by atoms with Gasteiger partial charge in [-0.3, -0.25) is 14.6 Å². The largest absolute Gasteiger partial charge is 0.513 e. The maximum atomic E-state index is 13.4. The number of ether oxygens (including phenoxy) is 2. The van der Waals surface area contributed by atoms with Gasteiger partial charge in [0.2, 0.25) is 5.91 Å². The Morgan fingerprint density at radius 1 is 0.833 bits per heavy atom. The molecule has 2 amide bonds. The van der Waals surface area contributed by atoms with Gasteiger partial charge in [0.1, 0.15) is 11.7 Å². The van der Waals surface area contributed by atoms with Crippen molar-refractivity contribution in [2.75, 3.05) is 66.8 Å². The molecule has 0 saturated heterocycles. The number of nitrogens with zero attached hydrogens (tertiary/aromatic N) is 4. The van der Waals surface area contributed by atoms with Crippen molar-refractivity contribution in [2.24, 2.45) is 4.99 Å². The number of fused-ring (bicyclic) bond motifs is 1. The van der Waals surface area contributed by atoms with E-state index in [4.69, 9.17) is 9.73 Å². The van der Waals surface area contributed by atoms with E-state index in [1.807, 2.05) is 63.4 Å². The monoisotopic (exact) mass is 571 g/mol. The number of anilines is 1. The summed E-state index contributed by atoms with van der Waals surface area (Å²) in [5.41, 5.74) is 3.79. The van der Waals surface area contributed by atoms with Crippen LogP contribution in [0.2, 0.25) is 0 Å². The molecule has 0 fully saturated rings. The van der Waals surface area contributed by atoms with Crippen LogP contribution in [0.1, 0.15) is 27.4 Å². The first-order chi connectivity index (χ1) is 20.2. The van der Waals surface area contributed by atoms with Crippen molar-refractivity contribution in [1.29, 1.82) is 0 Å². The van der Waals surface area contributed by atoms with Crippen LogP contribution < -0.4 is 10.1 Å². The van der Waals surface area contributed by atoms with Crippen LogP contribution in [0.15, 0.2) is 77.8 Å². The average Bonchev–Trinajstić information content (AvgIpc) is 3.30. The van der Waals surface area contributed by atoms with Gasteiger partial charge in [-0.25, -0.2) is 4.79 Å². The van der Waals surface area contributed by atoms with Crippen molar-refractivity contribution in [3.05, 3.63) is 89.5 Å². The molecule has 1 aliphatic heterocycles. The molecule has 0 aromatic heterocycles. The fraction of sp³-hybridized carbons (Fsp3) is 0.312. The van der Waals surface area contributed by atoms with Gasteiger partial charge in [-0.15, -0.1) is 0 Å². The molecule has 1 atom stereocenters. The van der Waals surface area contributed by atoms with Crippen molar-refractivity contribution < 1.29 is 23.9 Å². The number of hydrogen-bond donors (Lipinski definition) is 1. The standard InChI is InChI=1S/C32H37N5O5/c1-35(2)17-19-37(20-18-36(3)4)31(39)23-11-13-24(14-12-23)33-29(22-9-7-6-8-10-22)28-26-16-15-25(42-32(40)41-5)21-27(26)34-30(28)38/h6-16,21,28H,17-20H2,1-5H3,(H,34,38). The molecular weight excluding hydrogens is 534 g/mol. The number of benzene rings is 3. The lowest BCUT2D eigenvalue weighted by molar-refractivity contribution is -0.115. The van der Waals surface area contributed by atoms with Gasteiger partial charge in [-0.05, 0) is 69.6 Å². The lowest BCUT2D eigenvalue weighted by Gasteiger charge is -2.26. The minimum atomic E-state index is -0.845. The van der Waals surface area contributed by atoms with E-state index in [2.05, 4.69) is 19.9 Å². The quantitative estimate of drug-likeness (QED) is 0.208. The molecule has 0 bridgehead atoms. The molecule has 10 heteroatoms. The van der Waals surface area contributed by atoms with Gasteiger partial charge in [0.15, 0.2) is 0 Å². The summed E-state index contributed by atoms with van der Waals surface area (Å²) < 4.78 is 9.68. The molecule has 0 spiro atoms. The second-order valence-corrected chi connectivity index (χ2v) is 10.5. The van der Waals surface area contributed by atoms with E-state index in [1.165, 1.54) is 7.11 Å². The molecule has 1 heterocycles. The Bertz CT molecular complexity index is 1430. The van der Waals surface area contributed by atoms with Gasteiger partial charge in [-0.2, -0.15) is 0 Å². The molecule has 0 aliphatic carbocycles. The van der Waals surface area contributed by atoms with Gasteiger partial charge in [-0.1, -0.05) is 36.4 Å². The summed E-state index contributed by atoms with van der Waals surface area (Å²) in [6, 6.07) is 21.6. The van der Waals surface area contributed by atoms with Crippen molar-refractivity contribution in [3.63, 3.8) is 0 Å². The molecular formula is C32H37N5O5. The predicted molar refractivity (Wildman–Crippen MR) is 163 cm³/mol. The molecule has 1 N–H and O–H groups in total. The number of carbonyl (C=O) groups is 3. The first kappa shape index (κ1) is 30.4. The van der Waals surface area contributed by atoms with Crippen LogP contribution in [-0.2, 0) is 9.53 Å². The number of carbonyl (C=O) groups excluding carboxylic acids is 3. The van der Waals surface area contributed by atoms with Gasteiger partial charge in [0.25, 0.3) is 5.91 Å². The van der Waals surface area contributed by atoms with E-state index in [0.717, 1.165) is 18.7 Å². The lowest BCUT2D eigenvalue weighted by atomic mass is 9.90. The molecule has 1 aliphatic rings. The minimum Gasteiger partial charge on any atom is -0.437 e. The van der Waals surface area contributed by atoms with Gasteiger partial charge < -0.3 is 29.5 Å². The lowest BCUT2D eigenvalue weighted by Crippen LogP contribution is -2.40. The maximum absolute atomic E-state index is 13.4. The number of aliphatic imine (C=N–C) groups is 1. The zero-order chi connectivity index (χ0) is 30.2. The average molecular weight is 572 g/mol. The number of amides is 2. The summed E-state index contributed by atoms with van der Waals surface area (Å²) in [6.45, 7) is 2.78. The number of hydrogen-bond acceptors (Lipinski definition) is 8. The molecule has 3 aromatic carbocycles. The van der Waals surface area contributed by atoms with Crippen LogP contribution in [0.3, 0.4) is 0 Å². The van der Waals surface area contributed by atoms with Crippen molar-refractivity contribution in [2.45, 2.75) is 5.92 Å². The van der Waals surface area contributed by atoms with Crippen LogP contribution in [0.4, 0.5) is 16.2 Å². The fourth-order valence-corrected chi connectivity index (χ4v) is 4.58. The van der Waals surface area contributed by atoms with Crippen LogP contribution in [0.5, 0.6) is 5.75 Å². The van der Waals surface area contributed by atoms with Gasteiger partial charge >= 0.3 is 6.16 Å². The number of nitrogens with one attached hydrogen (secondary N) is 1. The third-order valence-electron chi connectivity index (χ3n) is 6.85. The molecule has 42 heavy (non-hydrogen) atoms. The van der Waals surface area contributed by atoms with Crippen molar-refractivity contribution in [3.8, 4) is 5.75 Å². The van der Waals surface area contributed by atoms with E-state index >= 15 is 0 Å². The summed E-state index contributed by atoms with van der Waals surface area (Å²) in [6.07, 6.45) is -0.845. The first-order valence-corrected chi connectivity index (χ1v) is 13.7. The van der Waals surface area contributed by atoms with E-state index in [0.29, 0.717) is 41.3 Å². The summed E-state index contributed by atoms with van der Waals surface area (Å²) in [5.74, 6) is -0.715. The zero-order valence-corrected chi connectivity index (χ0v) is 24.7. The van der Waals surface area contributed by atoms with Crippen LogP contribution in [-0.4, -0.2) is 99.9 Å². The summed E-state index contributed by atoms with van der Waals surface area (Å²) in [5, 5.41) is 2.88. The fourth-order valence-electron chi connectivity index (χ4n) is 4.58. The van der Waals surface area contributed by atoms with E-state index in [-0.39, 0.29) is 17.6 Å². The highest BCUT2D eigenvalue weighted by Gasteiger charge is 2.36. The second-order valence-electron chi connectivity index (χ2n) is 10.5. The van der Waals surface area contributed by atoms with Gasteiger partial charge in [0.05, 0.1) is 18.5 Å². The number of methoxy groups -OCH3 is 1. The van der Waals surface area contributed by atoms with E-state index < -0.39 is 12.1 Å². The Balaban J connectivity index is 1.64. The van der Waals surface area contributed by atoms with Crippen molar-refractivity contribution in [1.82, 2.24) is 14.7 Å². The second kappa shape index (κ2) is 13.9. The van der Waals surface area contributed by atoms with Crippen molar-refractivity contribution >= 4 is 35.1 Å². The van der Waals surface area contributed by atoms with Crippen LogP contribution in [0, 0.1) is 0 Å². The highest BCUT2D eigenvalue weighted by atomic mass is 16.7. The Labute approximate surface area is 246 Å². The Morgan fingerprint density at radius 2 is 1.48 bits per heavy atom. The van der Waals surface area contributed by atoms with E-state index in [9.17, 15) is 14.4 Å². The minimum absolute atomic E-state index is 0.0356. The SMILES string of the molecule is COC(=O)Oc1ccc2c(c1)NC(=O)C2C(=Nc1ccc(C(=O)N(CCN(C)C)CCN(C)C)cc1)c1ccccc1. The Kier molecular flexibility index (Phi) is 10.1. The smallest absolute Gasteiger partial charge is 0.437 e. The molecule has 0 radical (unpaired) electrons.